The molecule has 218 valence electrons. The molecule has 2 saturated heterocycles. The number of likely N-dealkylation sites (tertiary alicyclic amines) is 1. The molecule has 0 aromatic heterocycles. The molecule has 3 amide bonds. The molecule has 2 N–H and O–H groups in total. The van der Waals surface area contributed by atoms with Crippen LogP contribution >= 0.6 is 0 Å². The molecule has 0 spiro atoms. The molecule has 0 bridgehead atoms. The summed E-state index contributed by atoms with van der Waals surface area (Å²) in [6.45, 7) is 21.9. The molecule has 2 heterocycles. The van der Waals surface area contributed by atoms with E-state index in [1.807, 2.05) is 69.2 Å². The van der Waals surface area contributed by atoms with Crippen molar-refractivity contribution in [1.82, 2.24) is 15.5 Å². The first-order chi connectivity index (χ1) is 17.2. The van der Waals surface area contributed by atoms with Gasteiger partial charge in [-0.25, -0.2) is 4.79 Å². The number of carbonyl (C=O) groups is 3. The molecule has 1 unspecified atom stereocenters. The van der Waals surface area contributed by atoms with Crippen LogP contribution in [0.15, 0.2) is 0 Å². The minimum Gasteiger partial charge on any atom is -0.444 e. The van der Waals surface area contributed by atoms with Crippen molar-refractivity contribution in [2.45, 2.75) is 142 Å². The monoisotopic (exact) mass is 537 g/mol. The van der Waals surface area contributed by atoms with Gasteiger partial charge in [0.25, 0.3) is 0 Å². The summed E-state index contributed by atoms with van der Waals surface area (Å²) in [6, 6.07) is 0. The van der Waals surface area contributed by atoms with E-state index < -0.39 is 16.7 Å². The van der Waals surface area contributed by atoms with Gasteiger partial charge in [0.2, 0.25) is 11.8 Å². The number of hydrogen-bond donors (Lipinski definition) is 2. The van der Waals surface area contributed by atoms with Crippen LogP contribution in [0.4, 0.5) is 4.79 Å². The molecule has 2 aliphatic heterocycles. The van der Waals surface area contributed by atoms with Crippen LogP contribution in [0, 0.1) is 5.92 Å². The van der Waals surface area contributed by atoms with Crippen LogP contribution in [0.5, 0.6) is 0 Å². The Morgan fingerprint density at radius 1 is 0.921 bits per heavy atom. The topological polar surface area (TPSA) is 106 Å². The van der Waals surface area contributed by atoms with Gasteiger partial charge in [-0.15, -0.1) is 0 Å². The van der Waals surface area contributed by atoms with Crippen molar-refractivity contribution in [1.29, 1.82) is 0 Å². The Bertz CT molecular complexity index is 840. The minimum absolute atomic E-state index is 0.121. The highest BCUT2D eigenvalue weighted by Gasteiger charge is 2.51. The van der Waals surface area contributed by atoms with Crippen LogP contribution in [-0.2, 0) is 23.6 Å². The van der Waals surface area contributed by atoms with E-state index in [0.29, 0.717) is 45.1 Å². The Labute approximate surface area is 230 Å². The summed E-state index contributed by atoms with van der Waals surface area (Å²) in [6.07, 6.45) is 3.54. The van der Waals surface area contributed by atoms with Crippen molar-refractivity contribution >= 4 is 25.0 Å². The Hall–Kier alpha value is -1.81. The lowest BCUT2D eigenvalue weighted by atomic mass is 9.72. The van der Waals surface area contributed by atoms with E-state index in [0.717, 1.165) is 6.42 Å². The molecule has 9 nitrogen and oxygen atoms in total. The summed E-state index contributed by atoms with van der Waals surface area (Å²) in [5.41, 5.74) is -2.87. The number of ether oxygens (including phenoxy) is 1. The number of rotatable bonds is 8. The smallest absolute Gasteiger partial charge is 0.444 e. The van der Waals surface area contributed by atoms with Crippen LogP contribution in [-0.4, -0.2) is 70.9 Å². The number of amides is 3. The van der Waals surface area contributed by atoms with Gasteiger partial charge in [-0.05, 0) is 101 Å². The van der Waals surface area contributed by atoms with E-state index >= 15 is 0 Å². The lowest BCUT2D eigenvalue weighted by Crippen LogP contribution is -2.66. The van der Waals surface area contributed by atoms with E-state index in [1.54, 1.807) is 4.90 Å². The van der Waals surface area contributed by atoms with Gasteiger partial charge in [-0.1, -0.05) is 12.8 Å². The number of nitrogens with one attached hydrogen (secondary N) is 2. The summed E-state index contributed by atoms with van der Waals surface area (Å²) >= 11 is 0. The second kappa shape index (κ2) is 11.7. The van der Waals surface area contributed by atoms with Crippen molar-refractivity contribution in [3.05, 3.63) is 0 Å². The average Bonchev–Trinajstić information content (AvgIpc) is 2.93. The fourth-order valence-corrected chi connectivity index (χ4v) is 5.17. The maximum absolute atomic E-state index is 13.9. The molecular weight excluding hydrogens is 485 g/mol. The third kappa shape index (κ3) is 8.60. The molecule has 0 radical (unpaired) electrons. The third-order valence-electron chi connectivity index (χ3n) is 7.70. The van der Waals surface area contributed by atoms with E-state index in [4.69, 9.17) is 14.0 Å². The zero-order valence-corrected chi connectivity index (χ0v) is 25.7. The number of carbonyl (C=O) groups excluding carboxylic acids is 3. The Kier molecular flexibility index (Phi) is 10.0. The molecule has 0 saturated carbocycles. The molecule has 2 fully saturated rings. The normalized spacial score (nSPS) is 21.6. The van der Waals surface area contributed by atoms with Crippen LogP contribution in [0.1, 0.15) is 108 Å². The van der Waals surface area contributed by atoms with Gasteiger partial charge in [0.05, 0.1) is 11.2 Å². The Morgan fingerprint density at radius 3 is 1.89 bits per heavy atom. The van der Waals surface area contributed by atoms with Crippen molar-refractivity contribution in [2.24, 2.45) is 5.92 Å². The molecule has 0 aromatic carbocycles. The van der Waals surface area contributed by atoms with Gasteiger partial charge in [0, 0.05) is 25.6 Å². The van der Waals surface area contributed by atoms with Crippen LogP contribution in [0.25, 0.3) is 0 Å². The van der Waals surface area contributed by atoms with Crippen molar-refractivity contribution in [3.8, 4) is 0 Å². The first-order valence-electron chi connectivity index (χ1n) is 14.1. The first-order valence-corrected chi connectivity index (χ1v) is 14.1. The molecule has 2 rings (SSSR count). The number of nitrogens with zero attached hydrogens (tertiary/aromatic N) is 1. The quantitative estimate of drug-likeness (QED) is 0.344. The van der Waals surface area contributed by atoms with E-state index in [2.05, 4.69) is 10.6 Å². The largest absolute Gasteiger partial charge is 0.457 e. The maximum Gasteiger partial charge on any atom is 0.457 e. The highest BCUT2D eigenvalue weighted by molar-refractivity contribution is 6.45. The summed E-state index contributed by atoms with van der Waals surface area (Å²) < 4.78 is 17.8. The van der Waals surface area contributed by atoms with Gasteiger partial charge in [0.15, 0.2) is 0 Å². The standard InChI is InChI=1S/C28H52BN3O6/c1-20(33)30-28(22(34)31-24(2,3)4,16-12-13-17-29-37-26(8,9)27(10,11)38-29)21-14-18-32(19-15-21)23(35)36-25(5,6)7/h21H,12-19H2,1-11H3,(H,30,33)(H,31,34). The number of hydrogen-bond acceptors (Lipinski definition) is 6. The summed E-state index contributed by atoms with van der Waals surface area (Å²) in [4.78, 5) is 40.7. The summed E-state index contributed by atoms with van der Waals surface area (Å²) in [5.74, 6) is -0.537. The van der Waals surface area contributed by atoms with Crippen LogP contribution < -0.4 is 10.6 Å². The highest BCUT2D eigenvalue weighted by atomic mass is 16.7. The van der Waals surface area contributed by atoms with Crippen molar-refractivity contribution in [2.75, 3.05) is 13.1 Å². The minimum atomic E-state index is -1.07. The maximum atomic E-state index is 13.9. The van der Waals surface area contributed by atoms with Gasteiger partial charge in [-0.2, -0.15) is 0 Å². The second-order valence-corrected chi connectivity index (χ2v) is 14.0. The molecule has 1 atom stereocenters. The zero-order chi connectivity index (χ0) is 29.2. The van der Waals surface area contributed by atoms with Crippen LogP contribution in [0.2, 0.25) is 6.32 Å². The molecule has 38 heavy (non-hydrogen) atoms. The lowest BCUT2D eigenvalue weighted by Gasteiger charge is -2.45. The zero-order valence-electron chi connectivity index (χ0n) is 25.7. The van der Waals surface area contributed by atoms with Crippen molar-refractivity contribution < 1.29 is 28.4 Å². The fraction of sp³-hybridized carbons (Fsp3) is 0.893. The summed E-state index contributed by atoms with van der Waals surface area (Å²) in [7, 11) is -0.296. The average molecular weight is 538 g/mol. The van der Waals surface area contributed by atoms with Crippen molar-refractivity contribution in [3.63, 3.8) is 0 Å². The lowest BCUT2D eigenvalue weighted by molar-refractivity contribution is -0.138. The molecule has 2 aliphatic rings. The van der Waals surface area contributed by atoms with Crippen LogP contribution in [0.3, 0.4) is 0 Å². The Morgan fingerprint density at radius 2 is 1.45 bits per heavy atom. The Balaban J connectivity index is 2.17. The molecule has 0 aliphatic carbocycles. The summed E-state index contributed by atoms with van der Waals surface area (Å²) in [5, 5.41) is 6.20. The molecule has 0 aromatic rings. The van der Waals surface area contributed by atoms with Gasteiger partial charge in [-0.3, -0.25) is 9.59 Å². The molecule has 10 heteroatoms. The van der Waals surface area contributed by atoms with Gasteiger partial charge < -0.3 is 29.6 Å². The predicted molar refractivity (Wildman–Crippen MR) is 150 cm³/mol. The second-order valence-electron chi connectivity index (χ2n) is 14.0. The van der Waals surface area contributed by atoms with E-state index in [9.17, 15) is 14.4 Å². The number of unbranched alkanes of at least 4 members (excludes halogenated alkanes) is 1. The first kappa shape index (κ1) is 32.4. The predicted octanol–water partition coefficient (Wildman–Crippen LogP) is 4.69. The highest BCUT2D eigenvalue weighted by Crippen LogP contribution is 2.39. The van der Waals surface area contributed by atoms with E-state index in [1.165, 1.54) is 6.92 Å². The molecular formula is C28H52BN3O6. The SMILES string of the molecule is CC(=O)NC(CCCCB1OC(C)(C)C(C)(C)O1)(C(=O)NC(C)(C)C)C1CCN(C(=O)OC(C)(C)C)CC1. The van der Waals surface area contributed by atoms with Gasteiger partial charge in [0.1, 0.15) is 11.1 Å². The van der Waals surface area contributed by atoms with Gasteiger partial charge >= 0.3 is 13.2 Å². The fourth-order valence-electron chi connectivity index (χ4n) is 5.17. The van der Waals surface area contributed by atoms with E-state index in [-0.39, 0.29) is 42.1 Å². The number of piperidine rings is 1. The third-order valence-corrected chi connectivity index (χ3v) is 7.70.